The molecule has 0 aromatic carbocycles. The van der Waals surface area contributed by atoms with E-state index in [1.54, 1.807) is 6.20 Å². The van der Waals surface area contributed by atoms with E-state index in [2.05, 4.69) is 15.2 Å². The molecule has 1 aromatic rings. The summed E-state index contributed by atoms with van der Waals surface area (Å²) >= 11 is 7.63. The zero-order valence-electron chi connectivity index (χ0n) is 9.25. The molecule has 0 aliphatic heterocycles. The fraction of sp³-hybridized carbons (Fsp3) is 0. The van der Waals surface area contributed by atoms with Crippen LogP contribution in [0.1, 0.15) is 0 Å². The zero-order chi connectivity index (χ0) is 12.4. The van der Waals surface area contributed by atoms with Crippen LogP contribution >= 0.6 is 22.9 Å². The second-order valence-electron chi connectivity index (χ2n) is 3.63. The van der Waals surface area contributed by atoms with Crippen LogP contribution in [-0.2, 0) is 0 Å². The molecule has 3 nitrogen and oxygen atoms in total. The molecule has 1 aromatic heterocycles. The minimum Gasteiger partial charge on any atom is -0.226 e. The molecular formula is C13H8ClN3S. The quantitative estimate of drug-likeness (QED) is 0.583. The third-order valence-electron chi connectivity index (χ3n) is 2.50. The lowest BCUT2D eigenvalue weighted by molar-refractivity contribution is 1.20. The Morgan fingerprint density at radius 1 is 1.06 bits per heavy atom. The van der Waals surface area contributed by atoms with Crippen molar-refractivity contribution in [2.75, 3.05) is 0 Å². The first-order chi connectivity index (χ1) is 8.84. The predicted octanol–water partition coefficient (Wildman–Crippen LogP) is 5.32. The highest BCUT2D eigenvalue weighted by Gasteiger charge is 2.12. The summed E-state index contributed by atoms with van der Waals surface area (Å²) in [6.07, 6.45) is 1.70. The van der Waals surface area contributed by atoms with Crippen LogP contribution < -0.4 is 0 Å². The summed E-state index contributed by atoms with van der Waals surface area (Å²) in [5, 5.41) is 11.5. The summed E-state index contributed by atoms with van der Waals surface area (Å²) in [6.45, 7) is 0. The summed E-state index contributed by atoms with van der Waals surface area (Å²) in [7, 11) is 0. The molecule has 0 atom stereocenters. The summed E-state index contributed by atoms with van der Waals surface area (Å²) in [5.74, 6) is 0. The van der Waals surface area contributed by atoms with E-state index in [1.165, 1.54) is 11.3 Å². The van der Waals surface area contributed by atoms with E-state index in [0.29, 0.717) is 10.2 Å². The van der Waals surface area contributed by atoms with Gasteiger partial charge in [-0.25, -0.2) is 4.98 Å². The SMILES string of the molecule is Clc1cc(N=Nc2nccs2)c2cccccc1-2. The van der Waals surface area contributed by atoms with Gasteiger partial charge >= 0.3 is 0 Å². The van der Waals surface area contributed by atoms with Crippen LogP contribution in [0.3, 0.4) is 0 Å². The van der Waals surface area contributed by atoms with E-state index in [-0.39, 0.29) is 0 Å². The van der Waals surface area contributed by atoms with Gasteiger partial charge in [0.25, 0.3) is 0 Å². The third kappa shape index (κ3) is 2.12. The second kappa shape index (κ2) is 4.84. The van der Waals surface area contributed by atoms with Crippen molar-refractivity contribution in [1.82, 2.24) is 4.98 Å². The number of hydrogen-bond acceptors (Lipinski definition) is 4. The maximum Gasteiger partial charge on any atom is 0.229 e. The molecule has 0 unspecified atom stereocenters. The van der Waals surface area contributed by atoms with E-state index >= 15 is 0 Å². The topological polar surface area (TPSA) is 37.6 Å². The zero-order valence-corrected chi connectivity index (χ0v) is 10.8. The molecule has 1 heterocycles. The van der Waals surface area contributed by atoms with Crippen molar-refractivity contribution in [3.8, 4) is 11.1 Å². The van der Waals surface area contributed by atoms with Gasteiger partial charge in [-0.3, -0.25) is 0 Å². The van der Waals surface area contributed by atoms with Gasteiger partial charge in [-0.2, -0.15) is 0 Å². The van der Waals surface area contributed by atoms with E-state index in [4.69, 9.17) is 11.6 Å². The van der Waals surface area contributed by atoms with Gasteiger partial charge in [0, 0.05) is 22.7 Å². The molecule has 0 amide bonds. The molecule has 18 heavy (non-hydrogen) atoms. The van der Waals surface area contributed by atoms with E-state index < -0.39 is 0 Å². The van der Waals surface area contributed by atoms with Gasteiger partial charge in [0.15, 0.2) is 0 Å². The van der Waals surface area contributed by atoms with E-state index in [0.717, 1.165) is 16.8 Å². The maximum atomic E-state index is 6.18. The number of rotatable bonds is 2. The van der Waals surface area contributed by atoms with Gasteiger partial charge in [0.1, 0.15) is 0 Å². The van der Waals surface area contributed by atoms with Crippen LogP contribution in [0, 0.1) is 0 Å². The monoisotopic (exact) mass is 273 g/mol. The summed E-state index contributed by atoms with van der Waals surface area (Å²) < 4.78 is 0. The number of fused-ring (bicyclic) bond motifs is 1. The van der Waals surface area contributed by atoms with Gasteiger partial charge in [-0.15, -0.1) is 21.6 Å². The average molecular weight is 274 g/mol. The van der Waals surface area contributed by atoms with Crippen LogP contribution in [0.2, 0.25) is 5.02 Å². The Kier molecular flexibility index (Phi) is 3.04. The molecule has 0 radical (unpaired) electrons. The molecule has 0 spiro atoms. The van der Waals surface area contributed by atoms with Crippen LogP contribution in [0.4, 0.5) is 10.8 Å². The molecule has 0 saturated heterocycles. The van der Waals surface area contributed by atoms with Crippen LogP contribution in [0.5, 0.6) is 0 Å². The first kappa shape index (κ1) is 11.3. The van der Waals surface area contributed by atoms with Gasteiger partial charge in [0.2, 0.25) is 5.13 Å². The fourth-order valence-corrected chi connectivity index (χ4v) is 2.42. The number of azo groups is 1. The molecular weight excluding hydrogens is 266 g/mol. The van der Waals surface area contributed by atoms with Gasteiger partial charge in [0.05, 0.1) is 10.7 Å². The first-order valence-corrected chi connectivity index (χ1v) is 6.59. The Balaban J connectivity index is 2.04. The molecule has 88 valence electrons. The van der Waals surface area contributed by atoms with E-state index in [1.807, 2.05) is 41.8 Å². The lowest BCUT2D eigenvalue weighted by Gasteiger charge is -1.93. The summed E-state index contributed by atoms with van der Waals surface area (Å²) in [5.41, 5.74) is 2.74. The van der Waals surface area contributed by atoms with Crippen molar-refractivity contribution in [2.24, 2.45) is 10.2 Å². The van der Waals surface area contributed by atoms with E-state index in [9.17, 15) is 0 Å². The van der Waals surface area contributed by atoms with Crippen molar-refractivity contribution in [2.45, 2.75) is 0 Å². The Bertz CT molecular complexity index is 664. The highest BCUT2D eigenvalue weighted by Crippen LogP contribution is 2.40. The average Bonchev–Trinajstić information content (AvgIpc) is 2.89. The number of nitrogens with zero attached hydrogens (tertiary/aromatic N) is 3. The highest BCUT2D eigenvalue weighted by molar-refractivity contribution is 7.13. The van der Waals surface area contributed by atoms with Gasteiger partial charge in [-0.05, 0) is 6.07 Å². The molecule has 2 aliphatic carbocycles. The normalized spacial score (nSPS) is 11.4. The summed E-state index contributed by atoms with van der Waals surface area (Å²) in [4.78, 5) is 4.06. The molecule has 0 saturated carbocycles. The predicted molar refractivity (Wildman–Crippen MR) is 74.4 cm³/mol. The Labute approximate surface area is 113 Å². The van der Waals surface area contributed by atoms with Crippen molar-refractivity contribution in [3.63, 3.8) is 0 Å². The van der Waals surface area contributed by atoms with Crippen molar-refractivity contribution in [3.05, 3.63) is 53.0 Å². The number of halogens is 1. The number of aromatic nitrogens is 1. The Morgan fingerprint density at radius 3 is 2.67 bits per heavy atom. The van der Waals surface area contributed by atoms with Gasteiger partial charge in [-0.1, -0.05) is 41.9 Å². The number of thiazole rings is 1. The van der Waals surface area contributed by atoms with Gasteiger partial charge < -0.3 is 0 Å². The minimum atomic E-state index is 0.640. The molecule has 0 bridgehead atoms. The molecule has 5 heteroatoms. The van der Waals surface area contributed by atoms with Crippen LogP contribution in [0.25, 0.3) is 11.1 Å². The van der Waals surface area contributed by atoms with Crippen molar-refractivity contribution >= 4 is 33.8 Å². The molecule has 2 aliphatic rings. The highest BCUT2D eigenvalue weighted by atomic mass is 35.5. The fourth-order valence-electron chi connectivity index (χ4n) is 1.70. The Morgan fingerprint density at radius 2 is 1.89 bits per heavy atom. The molecule has 0 N–H and O–H groups in total. The van der Waals surface area contributed by atoms with Crippen molar-refractivity contribution < 1.29 is 0 Å². The standard InChI is InChI=1S/C13H8ClN3S/c14-11-8-12(16-17-13-15-6-7-18-13)10-5-3-1-2-4-9(10)11/h1-8H. The largest absolute Gasteiger partial charge is 0.229 e. The smallest absolute Gasteiger partial charge is 0.226 e. The van der Waals surface area contributed by atoms with Crippen molar-refractivity contribution in [1.29, 1.82) is 0 Å². The summed E-state index contributed by atoms with van der Waals surface area (Å²) in [6, 6.07) is 11.6. The molecule has 3 rings (SSSR count). The molecule has 0 fully saturated rings. The lowest BCUT2D eigenvalue weighted by atomic mass is 10.2. The Hall–Kier alpha value is -1.78. The first-order valence-electron chi connectivity index (χ1n) is 5.33. The minimum absolute atomic E-state index is 0.640. The van der Waals surface area contributed by atoms with Crippen LogP contribution in [-0.4, -0.2) is 4.98 Å². The second-order valence-corrected chi connectivity index (χ2v) is 4.91. The van der Waals surface area contributed by atoms with Crippen LogP contribution in [0.15, 0.2) is 58.2 Å². The lowest BCUT2D eigenvalue weighted by Crippen LogP contribution is -1.66. The third-order valence-corrected chi connectivity index (χ3v) is 3.47. The maximum absolute atomic E-state index is 6.18. The number of hydrogen-bond donors (Lipinski definition) is 0.